The summed E-state index contributed by atoms with van der Waals surface area (Å²) in [6.07, 6.45) is -9.48. The summed E-state index contributed by atoms with van der Waals surface area (Å²) in [5, 5.41) is 34.4. The number of aliphatic hydroxyl groups excluding tert-OH is 1. The Bertz CT molecular complexity index is 3310. The second-order valence-corrected chi connectivity index (χ2v) is 29.0. The van der Waals surface area contributed by atoms with Gasteiger partial charge in [-0.1, -0.05) is 73.9 Å². The Morgan fingerprint density at radius 3 is 1.93 bits per heavy atom. The Balaban J connectivity index is 1.79. The van der Waals surface area contributed by atoms with Gasteiger partial charge in [-0.3, -0.25) is 67.1 Å². The molecule has 34 heteroatoms. The molecule has 3 saturated heterocycles. The summed E-state index contributed by atoms with van der Waals surface area (Å²) in [7, 11) is 4.09. The third-order valence-corrected chi connectivity index (χ3v) is 19.4. The first-order valence-corrected chi connectivity index (χ1v) is 36.3. The molecule has 13 N–H and O–H groups in total. The molecule has 1 aromatic carbocycles. The molecular formula is C72H112N12O22. The molecular weight excluding hydrogens is 1380 g/mol. The number of benzene rings is 1. The lowest BCUT2D eigenvalue weighted by atomic mass is 9.91. The molecule has 3 aliphatic heterocycles. The van der Waals surface area contributed by atoms with Gasteiger partial charge in [-0.15, -0.1) is 0 Å². The number of esters is 3. The van der Waals surface area contributed by atoms with E-state index < -0.39 is 229 Å². The average Bonchev–Trinajstić information content (AvgIpc) is 1.54. The van der Waals surface area contributed by atoms with Crippen molar-refractivity contribution in [3.05, 3.63) is 29.8 Å². The van der Waals surface area contributed by atoms with Gasteiger partial charge >= 0.3 is 23.9 Å². The van der Waals surface area contributed by atoms with Gasteiger partial charge in [-0.25, -0.2) is 9.59 Å². The first-order chi connectivity index (χ1) is 49.6. The van der Waals surface area contributed by atoms with E-state index in [0.717, 1.165) is 21.6 Å². The number of cyclic esters (lactones) is 2. The molecule has 4 rings (SSSR count). The van der Waals surface area contributed by atoms with Gasteiger partial charge in [-0.2, -0.15) is 0 Å². The van der Waals surface area contributed by atoms with Crippen LogP contribution in [0.4, 0.5) is 0 Å². The number of aliphatic carboxylic acids is 1. The number of carboxylic acids is 1. The fourth-order valence-electron chi connectivity index (χ4n) is 12.9. The lowest BCUT2D eigenvalue weighted by molar-refractivity contribution is -0.163. The maximum absolute atomic E-state index is 15.3. The highest BCUT2D eigenvalue weighted by Gasteiger charge is 2.47. The van der Waals surface area contributed by atoms with Crippen LogP contribution in [0.1, 0.15) is 172 Å². The SMILES string of the molecule is CC[C@H](C)[C@@H]1NC(=O)[C@@H](NC(=O)[C@@H](CC(C)C)N(C)C(=O)[C@@H]2CCCN2C(=O)[C@H](C)OC(=O)[C@H](CCC(=O)O)NC(=O)[C@H](CCC(N)=O)NC(=O)[C@@H](N)CCC(N)=O)[C@H](C)OC(=O)[C@H](Cc2ccc(OC)cc2)N(C)C(=O)[C@@H]2CCCN2C(=O)[C@H](CC(C)C)NC(=O)[C@@H](C)C(=O)[C@H](C(C)C)OC(=O)C[C@@H]1O. The summed E-state index contributed by atoms with van der Waals surface area (Å²) in [6.45, 7) is 17.4. The van der Waals surface area contributed by atoms with E-state index in [2.05, 4.69) is 26.6 Å². The second kappa shape index (κ2) is 41.5. The highest BCUT2D eigenvalue weighted by Crippen LogP contribution is 2.28. The fraction of sp³-hybridized carbons (Fsp3) is 0.694. The number of Topliss-reactive ketones (excluding diaryl/α,β-unsaturated/α-hetero) is 1. The van der Waals surface area contributed by atoms with Crippen LogP contribution in [-0.2, 0) is 97.3 Å². The van der Waals surface area contributed by atoms with Crippen LogP contribution in [0, 0.1) is 29.6 Å². The van der Waals surface area contributed by atoms with Gasteiger partial charge in [0.1, 0.15) is 60.2 Å². The van der Waals surface area contributed by atoms with E-state index in [-0.39, 0.29) is 82.7 Å². The van der Waals surface area contributed by atoms with Crippen molar-refractivity contribution >= 4 is 94.6 Å². The predicted molar refractivity (Wildman–Crippen MR) is 380 cm³/mol. The molecule has 106 heavy (non-hydrogen) atoms. The number of carbonyl (C=O) groups excluding carboxylic acids is 15. The Hall–Kier alpha value is -9.34. The Labute approximate surface area is 618 Å². The molecule has 0 bridgehead atoms. The van der Waals surface area contributed by atoms with E-state index >= 15 is 24.0 Å². The molecule has 0 aromatic heterocycles. The molecule has 1 aromatic rings. The van der Waals surface area contributed by atoms with Crippen molar-refractivity contribution < 1.29 is 106 Å². The van der Waals surface area contributed by atoms with Gasteiger partial charge in [0, 0.05) is 52.9 Å². The molecule has 592 valence electrons. The minimum Gasteiger partial charge on any atom is -0.497 e. The zero-order valence-electron chi connectivity index (χ0n) is 63.4. The smallest absolute Gasteiger partial charge is 0.329 e. The summed E-state index contributed by atoms with van der Waals surface area (Å²) in [5.41, 5.74) is 16.9. The van der Waals surface area contributed by atoms with Crippen LogP contribution in [0.2, 0.25) is 0 Å². The first kappa shape index (κ1) is 89.1. The second-order valence-electron chi connectivity index (χ2n) is 29.0. The maximum atomic E-state index is 15.3. The third kappa shape index (κ3) is 25.7. The number of nitrogens with zero attached hydrogens (tertiary/aromatic N) is 4. The number of ether oxygens (including phenoxy) is 4. The Kier molecular flexibility index (Phi) is 34.9. The zero-order chi connectivity index (χ0) is 79.9. The van der Waals surface area contributed by atoms with Gasteiger partial charge < -0.3 is 92.5 Å². The number of nitrogens with two attached hydrogens (primary N) is 3. The zero-order valence-corrected chi connectivity index (χ0v) is 63.4. The highest BCUT2D eigenvalue weighted by molar-refractivity contribution is 6.05. The summed E-state index contributed by atoms with van der Waals surface area (Å²) >= 11 is 0. The van der Waals surface area contributed by atoms with Gasteiger partial charge in [0.2, 0.25) is 59.1 Å². The van der Waals surface area contributed by atoms with E-state index in [4.69, 9.17) is 36.1 Å². The van der Waals surface area contributed by atoms with Gasteiger partial charge in [0.05, 0.1) is 37.6 Å². The van der Waals surface area contributed by atoms with Crippen LogP contribution in [0.25, 0.3) is 0 Å². The number of nitrogens with one attached hydrogen (secondary N) is 5. The van der Waals surface area contributed by atoms with Crippen molar-refractivity contribution in [2.24, 2.45) is 46.8 Å². The molecule has 0 aliphatic carbocycles. The van der Waals surface area contributed by atoms with E-state index in [1.54, 1.807) is 65.8 Å². The average molecular weight is 1500 g/mol. The standard InChI is InChI=1S/C72H112N12O22/c1-15-39(8)58-53(85)35-57(90)106-61(38(6)7)60(91)40(9)62(92)78-48(32-36(2)3)68(98)84-31-17-19-50(84)70(100)82(13)52(34-43-20-22-44(103-14)23-21-43)72(102)104-41(10)59(66(96)79-58)80-65(95)51(33-37(4)5)81(12)69(99)49-18-16-30-83(49)67(97)42(11)105-71(101)47(26-29-56(88)89)77-64(94)46(25-28-55(75)87)76-63(93)45(73)24-27-54(74)86/h20-23,36-42,45-53,58-59,61,85H,15-19,24-35,73H2,1-14H3,(H2,74,86)(H2,75,87)(H,76,93)(H,77,94)(H,78,92)(H,79,96)(H,80,95)(H,88,89)/t39-,40-,41-,42-,45-,46-,47-,48-,49-,50-,51+,52-,53-,58-,59-,61-/m0/s1. The van der Waals surface area contributed by atoms with Crippen molar-refractivity contribution in [1.29, 1.82) is 0 Å². The number of fused-ring (bicyclic) bond motifs is 1. The van der Waals surface area contributed by atoms with Crippen LogP contribution in [0.3, 0.4) is 0 Å². The lowest BCUT2D eigenvalue weighted by Crippen LogP contribution is -2.62. The van der Waals surface area contributed by atoms with Crippen molar-refractivity contribution in [3.63, 3.8) is 0 Å². The van der Waals surface area contributed by atoms with Gasteiger partial charge in [-0.05, 0) is 120 Å². The number of methoxy groups -OCH3 is 1. The predicted octanol–water partition coefficient (Wildman–Crippen LogP) is -0.440. The number of carboxylic acid groups (broad SMARTS) is 1. The number of rotatable bonds is 30. The number of carbonyl (C=O) groups is 16. The minimum absolute atomic E-state index is 0.0190. The molecule has 0 unspecified atom stereocenters. The maximum Gasteiger partial charge on any atom is 0.329 e. The number of amides is 11. The van der Waals surface area contributed by atoms with Crippen LogP contribution >= 0.6 is 0 Å². The Morgan fingerprint density at radius 1 is 0.755 bits per heavy atom. The molecule has 0 spiro atoms. The van der Waals surface area contributed by atoms with Crippen molar-refractivity contribution in [3.8, 4) is 5.75 Å². The number of likely N-dealkylation sites (N-methyl/N-ethyl adjacent to an activating group) is 2. The normalized spacial score (nSPS) is 24.3. The number of aliphatic hydroxyl groups is 1. The molecule has 16 atom stereocenters. The van der Waals surface area contributed by atoms with Crippen molar-refractivity contribution in [1.82, 2.24) is 46.2 Å². The van der Waals surface area contributed by atoms with E-state index in [0.29, 0.717) is 17.7 Å². The van der Waals surface area contributed by atoms with E-state index in [9.17, 15) is 63.0 Å². The molecule has 0 radical (unpaired) electrons. The number of hydrogen-bond donors (Lipinski definition) is 10. The molecule has 11 amide bonds. The van der Waals surface area contributed by atoms with Crippen LogP contribution in [-0.4, -0.2) is 244 Å². The van der Waals surface area contributed by atoms with E-state index in [1.165, 1.54) is 40.0 Å². The molecule has 3 heterocycles. The van der Waals surface area contributed by atoms with Gasteiger partial charge in [0.15, 0.2) is 18.0 Å². The monoisotopic (exact) mass is 1500 g/mol. The van der Waals surface area contributed by atoms with Gasteiger partial charge in [0.25, 0.3) is 5.91 Å². The summed E-state index contributed by atoms with van der Waals surface area (Å²) in [5.74, 6) is -18.3. The highest BCUT2D eigenvalue weighted by atomic mass is 16.6. The minimum atomic E-state index is -1.92. The number of hydrogen-bond acceptors (Lipinski definition) is 22. The fourth-order valence-corrected chi connectivity index (χ4v) is 12.9. The first-order valence-electron chi connectivity index (χ1n) is 36.3. The quantitative estimate of drug-likeness (QED) is 0.0265. The number of likely N-dealkylation sites (tertiary alicyclic amines) is 1. The lowest BCUT2D eigenvalue weighted by Gasteiger charge is -2.36. The molecule has 3 fully saturated rings. The molecule has 3 aliphatic rings. The molecule has 0 saturated carbocycles. The van der Waals surface area contributed by atoms with E-state index in [1.807, 2.05) is 13.8 Å². The summed E-state index contributed by atoms with van der Waals surface area (Å²) in [6, 6.07) is -8.16. The van der Waals surface area contributed by atoms with Crippen molar-refractivity contribution in [2.75, 3.05) is 34.3 Å². The summed E-state index contributed by atoms with van der Waals surface area (Å²) < 4.78 is 22.9. The Morgan fingerprint density at radius 2 is 1.36 bits per heavy atom. The third-order valence-electron chi connectivity index (χ3n) is 19.4. The van der Waals surface area contributed by atoms with Crippen molar-refractivity contribution in [2.45, 2.75) is 257 Å². The van der Waals surface area contributed by atoms with Crippen LogP contribution in [0.5, 0.6) is 5.75 Å². The number of ketones is 1. The number of primary amides is 2. The van der Waals surface area contributed by atoms with Crippen LogP contribution in [0.15, 0.2) is 24.3 Å². The topological polar surface area (TPSA) is 502 Å². The van der Waals surface area contributed by atoms with Crippen LogP contribution < -0.4 is 48.5 Å². The molecule has 34 nitrogen and oxygen atoms in total. The largest absolute Gasteiger partial charge is 0.497 e. The summed E-state index contributed by atoms with van der Waals surface area (Å²) in [4.78, 5) is 228.